The van der Waals surface area contributed by atoms with Gasteiger partial charge in [0.1, 0.15) is 0 Å². The number of hydrogen-bond donors (Lipinski definition) is 1. The molecule has 3 nitrogen and oxygen atoms in total. The number of aliphatic hydroxyl groups excluding tert-OH is 1. The largest absolute Gasteiger partial charge is 0.390 e. The van der Waals surface area contributed by atoms with Gasteiger partial charge in [0.25, 0.3) is 0 Å². The third-order valence-electron chi connectivity index (χ3n) is 4.49. The van der Waals surface area contributed by atoms with E-state index in [-0.39, 0.29) is 5.41 Å². The van der Waals surface area contributed by atoms with Gasteiger partial charge < -0.3 is 9.84 Å². The Bertz CT molecular complexity index is 825. The molecule has 0 aliphatic heterocycles. The minimum atomic E-state index is -0.495. The Morgan fingerprint density at radius 3 is 2.70 bits per heavy atom. The number of rotatable bonds is 11. The fourth-order valence-corrected chi connectivity index (χ4v) is 3.61. The van der Waals surface area contributed by atoms with Crippen LogP contribution in [0.2, 0.25) is 0 Å². The fourth-order valence-electron chi connectivity index (χ4n) is 2.96. The average molecular weight is 426 g/mol. The van der Waals surface area contributed by atoms with Crippen LogP contribution in [0.3, 0.4) is 0 Å². The van der Waals surface area contributed by atoms with Crippen LogP contribution in [-0.2, 0) is 24.3 Å². The zero-order valence-corrected chi connectivity index (χ0v) is 19.5. The van der Waals surface area contributed by atoms with Gasteiger partial charge in [0, 0.05) is 24.9 Å². The number of aliphatic hydroxyl groups is 1. The molecule has 1 atom stereocenters. The second kappa shape index (κ2) is 12.7. The van der Waals surface area contributed by atoms with Gasteiger partial charge in [-0.05, 0) is 66.9 Å². The van der Waals surface area contributed by atoms with E-state index >= 15 is 0 Å². The van der Waals surface area contributed by atoms with Crippen LogP contribution >= 0.6 is 11.3 Å². The monoisotopic (exact) mass is 425 g/mol. The van der Waals surface area contributed by atoms with Crippen molar-refractivity contribution >= 4 is 11.3 Å². The lowest BCUT2D eigenvalue weighted by molar-refractivity contribution is 0.0290. The summed E-state index contributed by atoms with van der Waals surface area (Å²) >= 11 is 1.66. The smallest absolute Gasteiger partial charge is 0.0814 e. The molecule has 1 unspecified atom stereocenters. The second-order valence-corrected chi connectivity index (χ2v) is 9.35. The lowest BCUT2D eigenvalue weighted by Crippen LogP contribution is -2.23. The molecule has 4 heteroatoms. The van der Waals surface area contributed by atoms with Gasteiger partial charge >= 0.3 is 0 Å². The molecule has 2 rings (SSSR count). The van der Waals surface area contributed by atoms with Gasteiger partial charge in [0.15, 0.2) is 0 Å². The van der Waals surface area contributed by atoms with Crippen molar-refractivity contribution in [3.05, 3.63) is 69.9 Å². The molecule has 0 saturated heterocycles. The molecule has 2 aromatic rings. The molecule has 30 heavy (non-hydrogen) atoms. The van der Waals surface area contributed by atoms with Gasteiger partial charge in [-0.2, -0.15) is 11.3 Å². The molecule has 1 aromatic carbocycles. The average Bonchev–Trinajstić information content (AvgIpc) is 3.19. The highest BCUT2D eigenvalue weighted by molar-refractivity contribution is 7.07. The molecule has 1 N–H and O–H groups in total. The van der Waals surface area contributed by atoms with Crippen LogP contribution in [0.25, 0.3) is 0 Å². The maximum atomic E-state index is 10.3. The Labute approximate surface area is 186 Å². The lowest BCUT2D eigenvalue weighted by atomic mass is 9.98. The van der Waals surface area contributed by atoms with Gasteiger partial charge in [0.2, 0.25) is 0 Å². The molecule has 0 spiro atoms. The quantitative estimate of drug-likeness (QED) is 0.496. The number of allylic oxidation sites excluding steroid dienone is 1. The first-order chi connectivity index (χ1) is 14.4. The first-order valence-corrected chi connectivity index (χ1v) is 11.5. The maximum Gasteiger partial charge on any atom is 0.0814 e. The molecule has 1 heterocycles. The van der Waals surface area contributed by atoms with E-state index < -0.39 is 6.10 Å². The summed E-state index contributed by atoms with van der Waals surface area (Å²) in [6.07, 6.45) is 4.19. The molecule has 0 aliphatic carbocycles. The van der Waals surface area contributed by atoms with Crippen LogP contribution in [0.1, 0.15) is 44.4 Å². The summed E-state index contributed by atoms with van der Waals surface area (Å²) < 4.78 is 5.64. The first-order valence-electron chi connectivity index (χ1n) is 10.6. The standard InChI is InChI=1S/C26H35NO2S/c1-5-27(14-8-6-7-13-26(2,3)4)18-23-11-9-10-22(16-23)17-25(28)20-29-19-24-12-15-30-21-24/h6,8-12,15-16,21,25,28H,5,14,17-20H2,1-4H3/b8-6+. The molecular formula is C26H35NO2S. The van der Waals surface area contributed by atoms with Crippen molar-refractivity contribution in [3.8, 4) is 11.8 Å². The van der Waals surface area contributed by atoms with Crippen molar-refractivity contribution in [2.45, 2.75) is 53.4 Å². The van der Waals surface area contributed by atoms with Crippen molar-refractivity contribution in [2.24, 2.45) is 5.41 Å². The van der Waals surface area contributed by atoms with E-state index in [1.165, 1.54) is 5.56 Å². The normalized spacial score (nSPS) is 12.9. The van der Waals surface area contributed by atoms with E-state index in [2.05, 4.69) is 80.2 Å². The van der Waals surface area contributed by atoms with Gasteiger partial charge in [-0.3, -0.25) is 4.90 Å². The van der Waals surface area contributed by atoms with Crippen molar-refractivity contribution in [1.82, 2.24) is 4.90 Å². The lowest BCUT2D eigenvalue weighted by Gasteiger charge is -2.19. The highest BCUT2D eigenvalue weighted by atomic mass is 32.1. The molecule has 1 aromatic heterocycles. The predicted octanol–water partition coefficient (Wildman–Crippen LogP) is 5.30. The van der Waals surface area contributed by atoms with Crippen molar-refractivity contribution in [1.29, 1.82) is 0 Å². The number of benzene rings is 1. The maximum absolute atomic E-state index is 10.3. The van der Waals surface area contributed by atoms with E-state index in [0.29, 0.717) is 19.6 Å². The summed E-state index contributed by atoms with van der Waals surface area (Å²) in [5.41, 5.74) is 3.60. The molecule has 0 fully saturated rings. The van der Waals surface area contributed by atoms with E-state index in [4.69, 9.17) is 4.74 Å². The Kier molecular flexibility index (Phi) is 10.3. The molecule has 0 amide bonds. The Morgan fingerprint density at radius 1 is 1.20 bits per heavy atom. The predicted molar refractivity (Wildman–Crippen MR) is 127 cm³/mol. The minimum Gasteiger partial charge on any atom is -0.390 e. The van der Waals surface area contributed by atoms with Crippen LogP contribution in [0.4, 0.5) is 0 Å². The third kappa shape index (κ3) is 10.2. The number of hydrogen-bond acceptors (Lipinski definition) is 4. The number of nitrogens with zero attached hydrogens (tertiary/aromatic N) is 1. The molecule has 0 bridgehead atoms. The fraction of sp³-hybridized carbons (Fsp3) is 0.462. The summed E-state index contributed by atoms with van der Waals surface area (Å²) in [5.74, 6) is 6.35. The van der Waals surface area contributed by atoms with Crippen LogP contribution in [0.5, 0.6) is 0 Å². The summed E-state index contributed by atoms with van der Waals surface area (Å²) in [6, 6.07) is 10.5. The number of thiophene rings is 1. The van der Waals surface area contributed by atoms with Crippen LogP contribution in [-0.4, -0.2) is 35.8 Å². The Hall–Kier alpha value is -1.90. The first kappa shape index (κ1) is 24.4. The van der Waals surface area contributed by atoms with Crippen LogP contribution in [0, 0.1) is 17.3 Å². The van der Waals surface area contributed by atoms with E-state index in [0.717, 1.165) is 30.8 Å². The van der Waals surface area contributed by atoms with Crippen LogP contribution < -0.4 is 0 Å². The van der Waals surface area contributed by atoms with Gasteiger partial charge in [-0.15, -0.1) is 0 Å². The zero-order chi connectivity index (χ0) is 21.8. The van der Waals surface area contributed by atoms with E-state index in [9.17, 15) is 5.11 Å². The minimum absolute atomic E-state index is 0.0364. The number of ether oxygens (including phenoxy) is 1. The van der Waals surface area contributed by atoms with Crippen molar-refractivity contribution in [2.75, 3.05) is 19.7 Å². The van der Waals surface area contributed by atoms with E-state index in [1.54, 1.807) is 11.3 Å². The van der Waals surface area contributed by atoms with Gasteiger partial charge in [-0.1, -0.05) is 49.1 Å². The Balaban J connectivity index is 1.81. The van der Waals surface area contributed by atoms with E-state index in [1.807, 2.05) is 17.5 Å². The second-order valence-electron chi connectivity index (χ2n) is 8.57. The molecule has 0 saturated carbocycles. The van der Waals surface area contributed by atoms with Gasteiger partial charge in [-0.25, -0.2) is 0 Å². The highest BCUT2D eigenvalue weighted by Crippen LogP contribution is 2.12. The topological polar surface area (TPSA) is 32.7 Å². The Morgan fingerprint density at radius 2 is 2.00 bits per heavy atom. The van der Waals surface area contributed by atoms with Crippen molar-refractivity contribution < 1.29 is 9.84 Å². The summed E-state index contributed by atoms with van der Waals surface area (Å²) in [5, 5.41) is 14.4. The molecular weight excluding hydrogens is 390 g/mol. The van der Waals surface area contributed by atoms with Crippen molar-refractivity contribution in [3.63, 3.8) is 0 Å². The SMILES string of the molecule is CCN(C/C=C/C#CC(C)(C)C)Cc1cccc(CC(O)COCc2ccsc2)c1. The van der Waals surface area contributed by atoms with Crippen LogP contribution in [0.15, 0.2) is 53.2 Å². The summed E-state index contributed by atoms with van der Waals surface area (Å²) in [6.45, 7) is 12.2. The summed E-state index contributed by atoms with van der Waals surface area (Å²) in [4.78, 5) is 2.37. The molecule has 162 valence electrons. The molecule has 0 radical (unpaired) electrons. The third-order valence-corrected chi connectivity index (χ3v) is 5.22. The van der Waals surface area contributed by atoms with Gasteiger partial charge in [0.05, 0.1) is 19.3 Å². The number of likely N-dealkylation sites (N-methyl/N-ethyl adjacent to an activating group) is 1. The summed E-state index contributed by atoms with van der Waals surface area (Å²) in [7, 11) is 0. The zero-order valence-electron chi connectivity index (χ0n) is 18.7. The molecule has 0 aliphatic rings. The highest BCUT2D eigenvalue weighted by Gasteiger charge is 2.08.